The highest BCUT2D eigenvalue weighted by Gasteiger charge is 2.29. The molecule has 4 unspecified atom stereocenters. The standard InChI is InChI=1S/C13H23N5O6S2/c1-5(13(23)24)16-12(22)8(4-26)18-11(21)7(2-9(15)19)17-10(20)6(14)3-25/h5-8,25-26H,2-4,14H2,1H3,(H2,15,19)(H,16,22)(H,17,20)(H,18,21)(H,23,24). The van der Waals surface area contributed by atoms with Crippen LogP contribution in [-0.4, -0.2) is 70.4 Å². The number of hydrogen-bond acceptors (Lipinski definition) is 8. The SMILES string of the molecule is CC(NC(=O)C(CS)NC(=O)C(CC(N)=O)NC(=O)C(N)CS)C(=O)O. The molecule has 0 rings (SSSR count). The van der Waals surface area contributed by atoms with Crippen molar-refractivity contribution in [1.29, 1.82) is 0 Å². The van der Waals surface area contributed by atoms with E-state index in [1.54, 1.807) is 0 Å². The van der Waals surface area contributed by atoms with Crippen molar-refractivity contribution in [2.24, 2.45) is 11.5 Å². The van der Waals surface area contributed by atoms with Gasteiger partial charge in [-0.1, -0.05) is 0 Å². The molecular formula is C13H23N5O6S2. The van der Waals surface area contributed by atoms with Crippen LogP contribution in [0.3, 0.4) is 0 Å². The highest BCUT2D eigenvalue weighted by Crippen LogP contribution is 1.98. The van der Waals surface area contributed by atoms with E-state index in [9.17, 15) is 24.0 Å². The van der Waals surface area contributed by atoms with E-state index in [1.807, 2.05) is 0 Å². The van der Waals surface area contributed by atoms with Crippen LogP contribution in [-0.2, 0) is 24.0 Å². The van der Waals surface area contributed by atoms with Gasteiger partial charge >= 0.3 is 5.97 Å². The molecule has 0 fully saturated rings. The van der Waals surface area contributed by atoms with Crippen LogP contribution in [0.25, 0.3) is 0 Å². The first-order valence-electron chi connectivity index (χ1n) is 7.43. The highest BCUT2D eigenvalue weighted by molar-refractivity contribution is 7.80. The Kier molecular flexibility index (Phi) is 10.7. The van der Waals surface area contributed by atoms with Crippen LogP contribution in [0.2, 0.25) is 0 Å². The van der Waals surface area contributed by atoms with Crippen LogP contribution < -0.4 is 27.4 Å². The van der Waals surface area contributed by atoms with Crippen LogP contribution >= 0.6 is 25.3 Å². The van der Waals surface area contributed by atoms with Crippen molar-refractivity contribution < 1.29 is 29.1 Å². The summed E-state index contributed by atoms with van der Waals surface area (Å²) in [5.74, 6) is -4.67. The maximum atomic E-state index is 12.3. The predicted molar refractivity (Wildman–Crippen MR) is 98.6 cm³/mol. The lowest BCUT2D eigenvalue weighted by molar-refractivity contribution is -0.141. The van der Waals surface area contributed by atoms with Gasteiger partial charge in [0.25, 0.3) is 0 Å². The Balaban J connectivity index is 5.07. The number of carbonyl (C=O) groups excluding carboxylic acids is 4. The first-order chi connectivity index (χ1) is 12.0. The summed E-state index contributed by atoms with van der Waals surface area (Å²) in [5.41, 5.74) is 10.5. The number of nitrogens with two attached hydrogens (primary N) is 2. The normalized spacial score (nSPS) is 15.1. The number of carboxylic acid groups (broad SMARTS) is 1. The molecule has 0 saturated carbocycles. The molecular weight excluding hydrogens is 386 g/mol. The van der Waals surface area contributed by atoms with Gasteiger partial charge in [-0.05, 0) is 6.92 Å². The zero-order valence-corrected chi connectivity index (χ0v) is 15.8. The van der Waals surface area contributed by atoms with Gasteiger partial charge < -0.3 is 32.5 Å². The fourth-order valence-electron chi connectivity index (χ4n) is 1.61. The molecule has 11 nitrogen and oxygen atoms in total. The van der Waals surface area contributed by atoms with Gasteiger partial charge in [0.15, 0.2) is 0 Å². The van der Waals surface area contributed by atoms with E-state index in [-0.39, 0.29) is 11.5 Å². The molecule has 13 heteroatoms. The number of carbonyl (C=O) groups is 5. The van der Waals surface area contributed by atoms with E-state index < -0.39 is 60.2 Å². The molecule has 148 valence electrons. The molecule has 26 heavy (non-hydrogen) atoms. The monoisotopic (exact) mass is 409 g/mol. The summed E-state index contributed by atoms with van der Waals surface area (Å²) >= 11 is 7.78. The van der Waals surface area contributed by atoms with E-state index in [0.29, 0.717) is 0 Å². The van der Waals surface area contributed by atoms with Crippen molar-refractivity contribution in [2.75, 3.05) is 11.5 Å². The van der Waals surface area contributed by atoms with E-state index in [0.717, 1.165) is 0 Å². The van der Waals surface area contributed by atoms with Crippen molar-refractivity contribution in [3.05, 3.63) is 0 Å². The van der Waals surface area contributed by atoms with Crippen molar-refractivity contribution in [3.8, 4) is 0 Å². The van der Waals surface area contributed by atoms with Gasteiger partial charge in [0, 0.05) is 11.5 Å². The number of primary amides is 1. The van der Waals surface area contributed by atoms with Gasteiger partial charge in [0.05, 0.1) is 12.5 Å². The topological polar surface area (TPSA) is 194 Å². The van der Waals surface area contributed by atoms with Crippen molar-refractivity contribution in [2.45, 2.75) is 37.5 Å². The van der Waals surface area contributed by atoms with Gasteiger partial charge in [-0.3, -0.25) is 24.0 Å². The highest BCUT2D eigenvalue weighted by atomic mass is 32.1. The van der Waals surface area contributed by atoms with Gasteiger partial charge in [0.2, 0.25) is 23.6 Å². The molecule has 0 heterocycles. The Morgan fingerprint density at radius 3 is 1.85 bits per heavy atom. The number of rotatable bonds is 11. The van der Waals surface area contributed by atoms with E-state index >= 15 is 0 Å². The number of amides is 4. The zero-order valence-electron chi connectivity index (χ0n) is 14.0. The molecule has 0 aliphatic heterocycles. The average Bonchev–Trinajstić information content (AvgIpc) is 2.56. The summed E-state index contributed by atoms with van der Waals surface area (Å²) in [6.07, 6.45) is -0.525. The number of thiol groups is 2. The molecule has 0 spiro atoms. The fourth-order valence-corrected chi connectivity index (χ4v) is 2.04. The molecule has 0 aromatic heterocycles. The first-order valence-corrected chi connectivity index (χ1v) is 8.69. The third kappa shape index (κ3) is 8.40. The number of aliphatic carboxylic acids is 1. The third-order valence-corrected chi connectivity index (χ3v) is 3.88. The molecule has 0 aromatic carbocycles. The zero-order chi connectivity index (χ0) is 20.4. The van der Waals surface area contributed by atoms with Crippen molar-refractivity contribution in [3.63, 3.8) is 0 Å². The Morgan fingerprint density at radius 2 is 1.42 bits per heavy atom. The van der Waals surface area contributed by atoms with Crippen molar-refractivity contribution in [1.82, 2.24) is 16.0 Å². The molecule has 0 aliphatic rings. The smallest absolute Gasteiger partial charge is 0.325 e. The average molecular weight is 409 g/mol. The molecule has 4 atom stereocenters. The van der Waals surface area contributed by atoms with Crippen LogP contribution in [0.5, 0.6) is 0 Å². The molecule has 0 radical (unpaired) electrons. The first kappa shape index (κ1) is 24.0. The van der Waals surface area contributed by atoms with E-state index in [2.05, 4.69) is 41.2 Å². The number of carboxylic acids is 1. The summed E-state index contributed by atoms with van der Waals surface area (Å²) in [4.78, 5) is 58.0. The fraction of sp³-hybridized carbons (Fsp3) is 0.615. The Bertz CT molecular complexity index is 561. The second-order valence-electron chi connectivity index (χ2n) is 5.33. The van der Waals surface area contributed by atoms with Gasteiger partial charge in [0.1, 0.15) is 18.1 Å². The van der Waals surface area contributed by atoms with Crippen LogP contribution in [0, 0.1) is 0 Å². The third-order valence-electron chi connectivity index (χ3n) is 3.12. The van der Waals surface area contributed by atoms with Crippen LogP contribution in [0.4, 0.5) is 0 Å². The predicted octanol–water partition coefficient (Wildman–Crippen LogP) is -3.39. The van der Waals surface area contributed by atoms with Crippen LogP contribution in [0.1, 0.15) is 13.3 Å². The number of hydrogen-bond donors (Lipinski definition) is 8. The minimum atomic E-state index is -1.36. The summed E-state index contributed by atoms with van der Waals surface area (Å²) < 4.78 is 0. The van der Waals surface area contributed by atoms with Crippen LogP contribution in [0.15, 0.2) is 0 Å². The van der Waals surface area contributed by atoms with Crippen molar-refractivity contribution >= 4 is 54.9 Å². The Hall–Kier alpha value is -1.99. The van der Waals surface area contributed by atoms with E-state index in [1.165, 1.54) is 6.92 Å². The maximum absolute atomic E-state index is 12.3. The maximum Gasteiger partial charge on any atom is 0.325 e. The quantitative estimate of drug-likeness (QED) is 0.163. The van der Waals surface area contributed by atoms with Gasteiger partial charge in [-0.15, -0.1) is 0 Å². The molecule has 0 aromatic rings. The Labute approximate surface area is 160 Å². The summed E-state index contributed by atoms with van der Waals surface area (Å²) in [6, 6.07) is -4.75. The molecule has 8 N–H and O–H groups in total. The molecule has 0 saturated heterocycles. The molecule has 4 amide bonds. The minimum absolute atomic E-state index is 0.00545. The lowest BCUT2D eigenvalue weighted by atomic mass is 10.1. The summed E-state index contributed by atoms with van der Waals surface area (Å²) in [5, 5.41) is 15.5. The van der Waals surface area contributed by atoms with Gasteiger partial charge in [-0.2, -0.15) is 25.3 Å². The lowest BCUT2D eigenvalue weighted by Crippen LogP contribution is -2.58. The largest absolute Gasteiger partial charge is 0.480 e. The summed E-state index contributed by atoms with van der Waals surface area (Å²) in [7, 11) is 0. The van der Waals surface area contributed by atoms with Gasteiger partial charge in [-0.25, -0.2) is 0 Å². The Morgan fingerprint density at radius 1 is 0.923 bits per heavy atom. The summed E-state index contributed by atoms with van der Waals surface area (Å²) in [6.45, 7) is 1.24. The van der Waals surface area contributed by atoms with E-state index in [4.69, 9.17) is 16.6 Å². The second-order valence-corrected chi connectivity index (χ2v) is 6.06. The molecule has 0 aliphatic carbocycles. The molecule has 0 bridgehead atoms. The lowest BCUT2D eigenvalue weighted by Gasteiger charge is -2.23. The minimum Gasteiger partial charge on any atom is -0.480 e. The second kappa shape index (κ2) is 11.6. The number of nitrogens with one attached hydrogen (secondary N) is 3.